The summed E-state index contributed by atoms with van der Waals surface area (Å²) in [6.07, 6.45) is 2.03. The predicted molar refractivity (Wildman–Crippen MR) is 121 cm³/mol. The molecule has 0 radical (unpaired) electrons. The molecule has 3 rings (SSSR count). The van der Waals surface area contributed by atoms with E-state index in [1.54, 1.807) is 6.92 Å². The summed E-state index contributed by atoms with van der Waals surface area (Å²) in [6.45, 7) is 2.11. The van der Waals surface area contributed by atoms with Gasteiger partial charge >= 0.3 is 5.97 Å². The van der Waals surface area contributed by atoms with Crippen LogP contribution in [0.25, 0.3) is 11.3 Å². The molecule has 0 spiro atoms. The third kappa shape index (κ3) is 6.40. The van der Waals surface area contributed by atoms with E-state index in [9.17, 15) is 9.59 Å². The topological polar surface area (TPSA) is 68.3 Å². The van der Waals surface area contributed by atoms with Gasteiger partial charge in [-0.25, -0.2) is 4.98 Å². The van der Waals surface area contributed by atoms with Gasteiger partial charge in [0, 0.05) is 21.9 Å². The fourth-order valence-corrected chi connectivity index (χ4v) is 4.09. The molecule has 1 heterocycles. The second kappa shape index (κ2) is 10.9. The summed E-state index contributed by atoms with van der Waals surface area (Å²) in [5.41, 5.74) is 2.74. The van der Waals surface area contributed by atoms with E-state index in [0.29, 0.717) is 28.9 Å². The minimum atomic E-state index is -0.306. The predicted octanol–water partition coefficient (Wildman–Crippen LogP) is 5.53. The van der Waals surface area contributed by atoms with Crippen LogP contribution >= 0.6 is 22.9 Å². The maximum Gasteiger partial charge on any atom is 0.311 e. The molecule has 0 aliphatic rings. The van der Waals surface area contributed by atoms with E-state index in [1.165, 1.54) is 11.3 Å². The molecule has 0 saturated heterocycles. The maximum absolute atomic E-state index is 12.4. The highest BCUT2D eigenvalue weighted by Crippen LogP contribution is 2.32. The second-order valence-electron chi connectivity index (χ2n) is 6.67. The number of hydrogen-bond donors (Lipinski definition) is 1. The van der Waals surface area contributed by atoms with Crippen molar-refractivity contribution in [2.24, 2.45) is 0 Å². The van der Waals surface area contributed by atoms with Crippen LogP contribution in [0, 0.1) is 0 Å². The number of nitrogens with one attached hydrogen (secondary N) is 1. The van der Waals surface area contributed by atoms with Gasteiger partial charge in [-0.1, -0.05) is 54.1 Å². The fourth-order valence-electron chi connectivity index (χ4n) is 2.98. The second-order valence-corrected chi connectivity index (χ2v) is 8.19. The first-order valence-electron chi connectivity index (χ1n) is 9.80. The number of esters is 1. The standard InChI is InChI=1S/C23H23ClN2O3S/c1-2-29-21(28)15-19-22(17-8-4-3-5-9-17)26-23(30-19)25-20(27)10-6-7-16-11-13-18(24)14-12-16/h3-5,8-9,11-14H,2,6-7,10,15H2,1H3,(H,25,26,27). The van der Waals surface area contributed by atoms with Gasteiger partial charge in [0.15, 0.2) is 5.13 Å². The van der Waals surface area contributed by atoms with E-state index in [-0.39, 0.29) is 18.3 Å². The Morgan fingerprint density at radius 2 is 1.83 bits per heavy atom. The summed E-state index contributed by atoms with van der Waals surface area (Å²) in [5.74, 6) is -0.404. The number of ether oxygens (including phenoxy) is 1. The average Bonchev–Trinajstić information content (AvgIpc) is 3.12. The van der Waals surface area contributed by atoms with Crippen LogP contribution in [0.3, 0.4) is 0 Å². The number of hydrogen-bond acceptors (Lipinski definition) is 5. The summed E-state index contributed by atoms with van der Waals surface area (Å²) in [7, 11) is 0. The SMILES string of the molecule is CCOC(=O)Cc1sc(NC(=O)CCCc2ccc(Cl)cc2)nc1-c1ccccc1. The van der Waals surface area contributed by atoms with Crippen LogP contribution in [0.5, 0.6) is 0 Å². The minimum Gasteiger partial charge on any atom is -0.466 e. The van der Waals surface area contributed by atoms with Crippen molar-refractivity contribution >= 4 is 39.9 Å². The van der Waals surface area contributed by atoms with Crippen molar-refractivity contribution in [1.29, 1.82) is 0 Å². The van der Waals surface area contributed by atoms with Crippen LogP contribution in [0.4, 0.5) is 5.13 Å². The van der Waals surface area contributed by atoms with E-state index in [2.05, 4.69) is 10.3 Å². The van der Waals surface area contributed by atoms with Gasteiger partial charge in [0.2, 0.25) is 5.91 Å². The third-order valence-corrected chi connectivity index (χ3v) is 5.61. The Morgan fingerprint density at radius 3 is 2.53 bits per heavy atom. The van der Waals surface area contributed by atoms with Crippen LogP contribution < -0.4 is 5.32 Å². The zero-order valence-electron chi connectivity index (χ0n) is 16.7. The maximum atomic E-state index is 12.4. The molecule has 1 N–H and O–H groups in total. The number of amides is 1. The smallest absolute Gasteiger partial charge is 0.311 e. The molecule has 7 heteroatoms. The Hall–Kier alpha value is -2.70. The molecule has 0 saturated carbocycles. The number of aryl methyl sites for hydroxylation is 1. The quantitative estimate of drug-likeness (QED) is 0.442. The lowest BCUT2D eigenvalue weighted by Crippen LogP contribution is -2.11. The molecule has 0 bridgehead atoms. The van der Waals surface area contributed by atoms with Gasteiger partial charge in [-0.2, -0.15) is 0 Å². The number of thiazole rings is 1. The highest BCUT2D eigenvalue weighted by molar-refractivity contribution is 7.16. The first-order valence-corrected chi connectivity index (χ1v) is 11.0. The summed E-state index contributed by atoms with van der Waals surface area (Å²) in [4.78, 5) is 29.7. The molecule has 1 amide bonds. The summed E-state index contributed by atoms with van der Waals surface area (Å²) >= 11 is 7.21. The van der Waals surface area contributed by atoms with E-state index < -0.39 is 0 Å². The number of halogens is 1. The number of anilines is 1. The van der Waals surface area contributed by atoms with Gasteiger partial charge in [-0.05, 0) is 37.5 Å². The van der Waals surface area contributed by atoms with Crippen molar-refractivity contribution in [2.45, 2.75) is 32.6 Å². The summed E-state index contributed by atoms with van der Waals surface area (Å²) < 4.78 is 5.07. The number of aromatic nitrogens is 1. The van der Waals surface area contributed by atoms with Crippen molar-refractivity contribution < 1.29 is 14.3 Å². The Bertz CT molecular complexity index is 987. The van der Waals surface area contributed by atoms with Crippen molar-refractivity contribution in [3.8, 4) is 11.3 Å². The molecule has 0 atom stereocenters. The van der Waals surface area contributed by atoms with Gasteiger partial charge in [-0.3, -0.25) is 9.59 Å². The Balaban J connectivity index is 1.64. The van der Waals surface area contributed by atoms with Gasteiger partial charge in [0.1, 0.15) is 0 Å². The van der Waals surface area contributed by atoms with Crippen molar-refractivity contribution in [3.05, 3.63) is 70.1 Å². The van der Waals surface area contributed by atoms with E-state index in [4.69, 9.17) is 16.3 Å². The highest BCUT2D eigenvalue weighted by Gasteiger charge is 2.18. The Kier molecular flexibility index (Phi) is 7.99. The molecule has 0 aliphatic heterocycles. The molecule has 5 nitrogen and oxygen atoms in total. The van der Waals surface area contributed by atoms with Crippen LogP contribution in [0.2, 0.25) is 5.02 Å². The zero-order chi connectivity index (χ0) is 21.3. The van der Waals surface area contributed by atoms with E-state index in [1.807, 2.05) is 54.6 Å². The summed E-state index contributed by atoms with van der Waals surface area (Å²) in [5, 5.41) is 4.06. The molecule has 0 fully saturated rings. The average molecular weight is 443 g/mol. The van der Waals surface area contributed by atoms with Crippen molar-refractivity contribution in [2.75, 3.05) is 11.9 Å². The molecular formula is C23H23ClN2O3S. The third-order valence-electron chi connectivity index (χ3n) is 4.38. The van der Waals surface area contributed by atoms with Gasteiger partial charge in [0.05, 0.1) is 18.7 Å². The highest BCUT2D eigenvalue weighted by atomic mass is 35.5. The van der Waals surface area contributed by atoms with Gasteiger partial charge in [-0.15, -0.1) is 11.3 Å². The molecule has 30 heavy (non-hydrogen) atoms. The number of carbonyl (C=O) groups is 2. The number of nitrogens with zero attached hydrogens (tertiary/aromatic N) is 1. The van der Waals surface area contributed by atoms with Crippen LogP contribution in [0.15, 0.2) is 54.6 Å². The van der Waals surface area contributed by atoms with Crippen LogP contribution in [-0.4, -0.2) is 23.5 Å². The first-order chi connectivity index (χ1) is 14.5. The lowest BCUT2D eigenvalue weighted by atomic mass is 10.1. The lowest BCUT2D eigenvalue weighted by molar-refractivity contribution is -0.142. The van der Waals surface area contributed by atoms with E-state index in [0.717, 1.165) is 28.8 Å². The van der Waals surface area contributed by atoms with Crippen molar-refractivity contribution in [3.63, 3.8) is 0 Å². The normalized spacial score (nSPS) is 10.6. The van der Waals surface area contributed by atoms with Crippen molar-refractivity contribution in [1.82, 2.24) is 4.98 Å². The zero-order valence-corrected chi connectivity index (χ0v) is 18.3. The largest absolute Gasteiger partial charge is 0.466 e. The molecule has 2 aromatic carbocycles. The van der Waals surface area contributed by atoms with Crippen LogP contribution in [0.1, 0.15) is 30.2 Å². The Labute approximate surface area is 185 Å². The molecule has 0 aliphatic carbocycles. The molecule has 156 valence electrons. The molecule has 1 aromatic heterocycles. The number of carbonyl (C=O) groups excluding carboxylic acids is 2. The van der Waals surface area contributed by atoms with E-state index >= 15 is 0 Å². The number of rotatable bonds is 9. The fraction of sp³-hybridized carbons (Fsp3) is 0.261. The van der Waals surface area contributed by atoms with Gasteiger partial charge in [0.25, 0.3) is 0 Å². The monoisotopic (exact) mass is 442 g/mol. The minimum absolute atomic E-state index is 0.0972. The molecule has 3 aromatic rings. The Morgan fingerprint density at radius 1 is 1.10 bits per heavy atom. The van der Waals surface area contributed by atoms with Gasteiger partial charge < -0.3 is 10.1 Å². The molecule has 0 unspecified atom stereocenters. The molecular weight excluding hydrogens is 420 g/mol. The summed E-state index contributed by atoms with van der Waals surface area (Å²) in [6, 6.07) is 17.2. The van der Waals surface area contributed by atoms with Crippen LogP contribution in [-0.2, 0) is 27.2 Å². The number of benzene rings is 2. The lowest BCUT2D eigenvalue weighted by Gasteiger charge is -2.03. The first kappa shape index (κ1) is 22.0.